The van der Waals surface area contributed by atoms with Crippen LogP contribution in [-0.2, 0) is 4.79 Å². The molecule has 1 saturated heterocycles. The molecule has 2 N–H and O–H groups in total. The van der Waals surface area contributed by atoms with Gasteiger partial charge in [0.15, 0.2) is 0 Å². The fraction of sp³-hybridized carbons (Fsp3) is 0.933. The second kappa shape index (κ2) is 7.25. The number of hydrogen-bond acceptors (Lipinski definition) is 3. The van der Waals surface area contributed by atoms with Crippen molar-refractivity contribution in [3.63, 3.8) is 0 Å². The molecule has 0 spiro atoms. The molecule has 1 aliphatic rings. The standard InChI is InChI=1S/C15H30N2O2/c1-5-16-15(4,14(18)19)8-11-17-9-6-13(7-10-17)12(2)3/h12-13,16H,5-11H2,1-4H3,(H,18,19). The Morgan fingerprint density at radius 3 is 2.42 bits per heavy atom. The first-order chi connectivity index (χ1) is 8.89. The highest BCUT2D eigenvalue weighted by atomic mass is 16.4. The molecule has 112 valence electrons. The van der Waals surface area contributed by atoms with Crippen LogP contribution in [0.4, 0.5) is 0 Å². The smallest absolute Gasteiger partial charge is 0.323 e. The zero-order chi connectivity index (χ0) is 14.5. The number of carbonyl (C=O) groups is 1. The van der Waals surface area contributed by atoms with Gasteiger partial charge in [-0.25, -0.2) is 0 Å². The first-order valence-corrected chi connectivity index (χ1v) is 7.60. The third-order valence-electron chi connectivity index (χ3n) is 4.54. The van der Waals surface area contributed by atoms with E-state index in [4.69, 9.17) is 0 Å². The molecule has 1 aliphatic heterocycles. The first kappa shape index (κ1) is 16.4. The van der Waals surface area contributed by atoms with Crippen molar-refractivity contribution >= 4 is 5.97 Å². The summed E-state index contributed by atoms with van der Waals surface area (Å²) in [5.74, 6) is 0.871. The summed E-state index contributed by atoms with van der Waals surface area (Å²) in [7, 11) is 0. The quantitative estimate of drug-likeness (QED) is 0.744. The Bertz CT molecular complexity index is 286. The second-order valence-electron chi connectivity index (χ2n) is 6.34. The molecular formula is C15H30N2O2. The van der Waals surface area contributed by atoms with E-state index >= 15 is 0 Å². The van der Waals surface area contributed by atoms with Gasteiger partial charge in [-0.1, -0.05) is 20.8 Å². The zero-order valence-corrected chi connectivity index (χ0v) is 12.9. The summed E-state index contributed by atoms with van der Waals surface area (Å²) in [6.07, 6.45) is 3.17. The third-order valence-corrected chi connectivity index (χ3v) is 4.54. The molecule has 4 nitrogen and oxygen atoms in total. The van der Waals surface area contributed by atoms with Crippen molar-refractivity contribution in [3.05, 3.63) is 0 Å². The summed E-state index contributed by atoms with van der Waals surface area (Å²) in [5, 5.41) is 12.4. The van der Waals surface area contributed by atoms with Crippen LogP contribution >= 0.6 is 0 Å². The summed E-state index contributed by atoms with van der Waals surface area (Å²) in [6, 6.07) is 0. The SMILES string of the molecule is CCNC(C)(CCN1CCC(C(C)C)CC1)C(=O)O. The molecule has 4 heteroatoms. The van der Waals surface area contributed by atoms with Gasteiger partial charge in [0.05, 0.1) is 0 Å². The molecule has 1 fully saturated rings. The highest BCUT2D eigenvalue weighted by molar-refractivity contribution is 5.78. The molecule has 1 heterocycles. The van der Waals surface area contributed by atoms with Crippen LogP contribution in [0.3, 0.4) is 0 Å². The normalized spacial score (nSPS) is 21.5. The van der Waals surface area contributed by atoms with Crippen LogP contribution in [0.2, 0.25) is 0 Å². The number of piperidine rings is 1. The third kappa shape index (κ3) is 4.77. The number of rotatable bonds is 7. The number of nitrogens with zero attached hydrogens (tertiary/aromatic N) is 1. The molecule has 0 aromatic rings. The Morgan fingerprint density at radius 1 is 1.42 bits per heavy atom. The maximum Gasteiger partial charge on any atom is 0.323 e. The molecule has 19 heavy (non-hydrogen) atoms. The molecule has 0 saturated carbocycles. The molecule has 0 aromatic heterocycles. The van der Waals surface area contributed by atoms with E-state index in [1.54, 1.807) is 6.92 Å². The van der Waals surface area contributed by atoms with Gasteiger partial charge >= 0.3 is 5.97 Å². The van der Waals surface area contributed by atoms with E-state index in [-0.39, 0.29) is 0 Å². The summed E-state index contributed by atoms with van der Waals surface area (Å²) < 4.78 is 0. The predicted molar refractivity (Wildman–Crippen MR) is 78.3 cm³/mol. The van der Waals surface area contributed by atoms with Crippen molar-refractivity contribution < 1.29 is 9.90 Å². The lowest BCUT2D eigenvalue weighted by atomic mass is 9.86. The summed E-state index contributed by atoms with van der Waals surface area (Å²) in [6.45, 7) is 12.1. The highest BCUT2D eigenvalue weighted by Crippen LogP contribution is 2.25. The number of likely N-dealkylation sites (N-methyl/N-ethyl adjacent to an activating group) is 1. The summed E-state index contributed by atoms with van der Waals surface area (Å²) >= 11 is 0. The maximum absolute atomic E-state index is 11.3. The van der Waals surface area contributed by atoms with E-state index in [1.165, 1.54) is 12.8 Å². The van der Waals surface area contributed by atoms with Crippen molar-refractivity contribution in [1.82, 2.24) is 10.2 Å². The number of likely N-dealkylation sites (tertiary alicyclic amines) is 1. The van der Waals surface area contributed by atoms with Crippen molar-refractivity contribution in [2.75, 3.05) is 26.2 Å². The van der Waals surface area contributed by atoms with Crippen molar-refractivity contribution in [1.29, 1.82) is 0 Å². The average Bonchev–Trinajstić information content (AvgIpc) is 2.37. The van der Waals surface area contributed by atoms with E-state index in [0.29, 0.717) is 13.0 Å². The van der Waals surface area contributed by atoms with E-state index in [2.05, 4.69) is 24.1 Å². The fourth-order valence-corrected chi connectivity index (χ4v) is 2.89. The first-order valence-electron chi connectivity index (χ1n) is 7.60. The van der Waals surface area contributed by atoms with Gasteiger partial charge in [0.25, 0.3) is 0 Å². The maximum atomic E-state index is 11.3. The van der Waals surface area contributed by atoms with Crippen LogP contribution in [0, 0.1) is 11.8 Å². The van der Waals surface area contributed by atoms with Crippen LogP contribution in [0.15, 0.2) is 0 Å². The molecule has 0 bridgehead atoms. The number of nitrogens with one attached hydrogen (secondary N) is 1. The lowest BCUT2D eigenvalue weighted by Gasteiger charge is -2.36. The minimum absolute atomic E-state index is 0.669. The van der Waals surface area contributed by atoms with Crippen LogP contribution < -0.4 is 5.32 Å². The fourth-order valence-electron chi connectivity index (χ4n) is 2.89. The summed E-state index contributed by atoms with van der Waals surface area (Å²) in [4.78, 5) is 13.8. The highest BCUT2D eigenvalue weighted by Gasteiger charge is 2.32. The molecule has 0 aromatic carbocycles. The second-order valence-corrected chi connectivity index (χ2v) is 6.34. The van der Waals surface area contributed by atoms with E-state index in [0.717, 1.165) is 31.5 Å². The van der Waals surface area contributed by atoms with Gasteiger partial charge in [-0.3, -0.25) is 4.79 Å². The molecule has 0 amide bonds. The van der Waals surface area contributed by atoms with Crippen LogP contribution in [0.1, 0.15) is 47.0 Å². The van der Waals surface area contributed by atoms with Gasteiger partial charge in [0.2, 0.25) is 0 Å². The van der Waals surface area contributed by atoms with Gasteiger partial charge in [0.1, 0.15) is 5.54 Å². The Labute approximate surface area is 117 Å². The molecule has 0 radical (unpaired) electrons. The monoisotopic (exact) mass is 270 g/mol. The average molecular weight is 270 g/mol. The van der Waals surface area contributed by atoms with Crippen LogP contribution in [-0.4, -0.2) is 47.7 Å². The number of carboxylic acids is 1. The molecule has 1 unspecified atom stereocenters. The largest absolute Gasteiger partial charge is 0.480 e. The Kier molecular flexibility index (Phi) is 6.27. The minimum atomic E-state index is -0.788. The number of hydrogen-bond donors (Lipinski definition) is 2. The molecular weight excluding hydrogens is 240 g/mol. The Balaban J connectivity index is 2.38. The minimum Gasteiger partial charge on any atom is -0.480 e. The van der Waals surface area contributed by atoms with E-state index in [1.807, 2.05) is 6.92 Å². The van der Waals surface area contributed by atoms with Gasteiger partial charge in [0, 0.05) is 6.54 Å². The molecule has 1 atom stereocenters. The summed E-state index contributed by atoms with van der Waals surface area (Å²) in [5.41, 5.74) is -0.788. The van der Waals surface area contributed by atoms with Crippen LogP contribution in [0.5, 0.6) is 0 Å². The van der Waals surface area contributed by atoms with Crippen LogP contribution in [0.25, 0.3) is 0 Å². The van der Waals surface area contributed by atoms with Crippen molar-refractivity contribution in [2.45, 2.75) is 52.5 Å². The van der Waals surface area contributed by atoms with Gasteiger partial charge < -0.3 is 15.3 Å². The zero-order valence-electron chi connectivity index (χ0n) is 12.9. The van der Waals surface area contributed by atoms with Crippen molar-refractivity contribution in [3.8, 4) is 0 Å². The Hall–Kier alpha value is -0.610. The van der Waals surface area contributed by atoms with Crippen molar-refractivity contribution in [2.24, 2.45) is 11.8 Å². The molecule has 1 rings (SSSR count). The topological polar surface area (TPSA) is 52.6 Å². The Morgan fingerprint density at radius 2 is 2.00 bits per heavy atom. The molecule has 0 aliphatic carbocycles. The van der Waals surface area contributed by atoms with E-state index < -0.39 is 11.5 Å². The predicted octanol–water partition coefficient (Wildman–Crippen LogP) is 2.20. The number of aliphatic carboxylic acids is 1. The lowest BCUT2D eigenvalue weighted by Crippen LogP contribution is -2.51. The number of carboxylic acid groups (broad SMARTS) is 1. The van der Waals surface area contributed by atoms with Gasteiger partial charge in [-0.15, -0.1) is 0 Å². The van der Waals surface area contributed by atoms with E-state index in [9.17, 15) is 9.90 Å². The lowest BCUT2D eigenvalue weighted by molar-refractivity contribution is -0.144. The van der Waals surface area contributed by atoms with Gasteiger partial charge in [-0.05, 0) is 57.7 Å². The van der Waals surface area contributed by atoms with Gasteiger partial charge in [-0.2, -0.15) is 0 Å².